The predicted molar refractivity (Wildman–Crippen MR) is 44.7 cm³/mol. The summed E-state index contributed by atoms with van der Waals surface area (Å²) in [7, 11) is 1.93. The van der Waals surface area contributed by atoms with Gasteiger partial charge in [-0.2, -0.15) is 0 Å². The van der Waals surface area contributed by atoms with E-state index in [4.69, 9.17) is 0 Å². The van der Waals surface area contributed by atoms with Crippen LogP contribution in [-0.4, -0.2) is 7.05 Å². The van der Waals surface area contributed by atoms with Crippen molar-refractivity contribution in [2.45, 2.75) is 13.3 Å². The Hall–Kier alpha value is -0.980. The van der Waals surface area contributed by atoms with E-state index in [1.807, 2.05) is 13.2 Å². The van der Waals surface area contributed by atoms with E-state index in [-0.39, 0.29) is 0 Å². The summed E-state index contributed by atoms with van der Waals surface area (Å²) in [6.45, 7) is 2.11. The van der Waals surface area contributed by atoms with Gasteiger partial charge in [0.1, 0.15) is 0 Å². The van der Waals surface area contributed by atoms with Crippen LogP contribution in [0.2, 0.25) is 0 Å². The van der Waals surface area contributed by atoms with Crippen LogP contribution >= 0.6 is 0 Å². The van der Waals surface area contributed by atoms with Crippen molar-refractivity contribution in [1.82, 2.24) is 5.32 Å². The molecule has 0 aromatic carbocycles. The van der Waals surface area contributed by atoms with E-state index < -0.39 is 0 Å². The summed E-state index contributed by atoms with van der Waals surface area (Å²) in [5, 5.41) is 3.02. The quantitative estimate of drug-likeness (QED) is 0.580. The Balaban J connectivity index is 2.68. The van der Waals surface area contributed by atoms with E-state index in [1.165, 1.54) is 11.1 Å². The summed E-state index contributed by atoms with van der Waals surface area (Å²) < 4.78 is 0. The maximum absolute atomic E-state index is 3.02. The second kappa shape index (κ2) is 3.25. The van der Waals surface area contributed by atoms with E-state index in [0.717, 1.165) is 6.42 Å². The molecule has 54 valence electrons. The minimum atomic E-state index is 1.05. The van der Waals surface area contributed by atoms with Crippen LogP contribution in [0.25, 0.3) is 0 Å². The number of rotatable bonds is 1. The summed E-state index contributed by atoms with van der Waals surface area (Å²) in [6, 6.07) is 0. The van der Waals surface area contributed by atoms with Crippen molar-refractivity contribution in [2.75, 3.05) is 7.05 Å². The maximum Gasteiger partial charge on any atom is 0.00278 e. The van der Waals surface area contributed by atoms with Crippen LogP contribution in [0.1, 0.15) is 13.3 Å². The fourth-order valence-corrected chi connectivity index (χ4v) is 1.07. The molecule has 0 amide bonds. The first-order valence-corrected chi connectivity index (χ1v) is 3.54. The van der Waals surface area contributed by atoms with Crippen molar-refractivity contribution < 1.29 is 0 Å². The summed E-state index contributed by atoms with van der Waals surface area (Å²) in [5.41, 5.74) is 2.68. The third-order valence-corrected chi connectivity index (χ3v) is 1.48. The van der Waals surface area contributed by atoms with Gasteiger partial charge in [-0.25, -0.2) is 0 Å². The van der Waals surface area contributed by atoms with E-state index in [0.29, 0.717) is 0 Å². The van der Waals surface area contributed by atoms with Gasteiger partial charge in [0.25, 0.3) is 0 Å². The average molecular weight is 135 g/mol. The standard InChI is InChI=1S/C9H13N/c1-8-4-3-5-9(6-8)7-10-2/h3-4,6-7,10H,5H2,1-2H3/b9-7+. The molecule has 0 unspecified atom stereocenters. The minimum absolute atomic E-state index is 1.05. The zero-order valence-corrected chi connectivity index (χ0v) is 6.52. The van der Waals surface area contributed by atoms with Gasteiger partial charge in [-0.1, -0.05) is 23.8 Å². The van der Waals surface area contributed by atoms with Gasteiger partial charge in [0.15, 0.2) is 0 Å². The second-order valence-electron chi connectivity index (χ2n) is 2.50. The van der Waals surface area contributed by atoms with Gasteiger partial charge < -0.3 is 5.32 Å². The summed E-state index contributed by atoms with van der Waals surface area (Å²) in [4.78, 5) is 0. The molecule has 0 bridgehead atoms. The van der Waals surface area contributed by atoms with Gasteiger partial charge in [0.2, 0.25) is 0 Å². The third kappa shape index (κ3) is 1.76. The Kier molecular flexibility index (Phi) is 2.32. The van der Waals surface area contributed by atoms with Gasteiger partial charge in [-0.05, 0) is 25.1 Å². The first-order chi connectivity index (χ1) is 4.83. The molecule has 0 radical (unpaired) electrons. The Morgan fingerprint density at radius 1 is 1.60 bits per heavy atom. The van der Waals surface area contributed by atoms with Crippen LogP contribution in [0, 0.1) is 0 Å². The van der Waals surface area contributed by atoms with Crippen molar-refractivity contribution in [3.05, 3.63) is 35.6 Å². The average Bonchev–Trinajstić information content (AvgIpc) is 1.88. The van der Waals surface area contributed by atoms with Crippen LogP contribution in [0.5, 0.6) is 0 Å². The fraction of sp³-hybridized carbons (Fsp3) is 0.333. The summed E-state index contributed by atoms with van der Waals surface area (Å²) in [5.74, 6) is 0. The van der Waals surface area contributed by atoms with Crippen LogP contribution < -0.4 is 5.32 Å². The highest BCUT2D eigenvalue weighted by atomic mass is 14.8. The normalized spacial score (nSPS) is 21.0. The van der Waals surface area contributed by atoms with Gasteiger partial charge in [0, 0.05) is 7.05 Å². The molecule has 0 saturated heterocycles. The highest BCUT2D eigenvalue weighted by Crippen LogP contribution is 2.13. The monoisotopic (exact) mass is 135 g/mol. The number of hydrogen-bond acceptors (Lipinski definition) is 1. The van der Waals surface area contributed by atoms with Crippen LogP contribution in [0.3, 0.4) is 0 Å². The molecular formula is C9H13N. The molecule has 0 saturated carbocycles. The minimum Gasteiger partial charge on any atom is -0.394 e. The number of hydrogen-bond donors (Lipinski definition) is 1. The van der Waals surface area contributed by atoms with Crippen LogP contribution in [0.15, 0.2) is 35.6 Å². The number of allylic oxidation sites excluding steroid dienone is 5. The predicted octanol–water partition coefficient (Wildman–Crippen LogP) is 2.00. The van der Waals surface area contributed by atoms with Crippen LogP contribution in [0.4, 0.5) is 0 Å². The molecule has 1 rings (SSSR count). The molecule has 1 aliphatic rings. The molecular weight excluding hydrogens is 122 g/mol. The van der Waals surface area contributed by atoms with Crippen molar-refractivity contribution in [1.29, 1.82) is 0 Å². The second-order valence-corrected chi connectivity index (χ2v) is 2.50. The molecule has 0 aromatic heterocycles. The van der Waals surface area contributed by atoms with Crippen LogP contribution in [-0.2, 0) is 0 Å². The third-order valence-electron chi connectivity index (χ3n) is 1.48. The molecule has 0 fully saturated rings. The molecule has 0 heterocycles. The van der Waals surface area contributed by atoms with Gasteiger partial charge in [-0.15, -0.1) is 0 Å². The van der Waals surface area contributed by atoms with E-state index in [9.17, 15) is 0 Å². The lowest BCUT2D eigenvalue weighted by molar-refractivity contribution is 1.06. The molecule has 1 heteroatoms. The Morgan fingerprint density at radius 2 is 2.40 bits per heavy atom. The first kappa shape index (κ1) is 7.13. The highest BCUT2D eigenvalue weighted by Gasteiger charge is 1.95. The molecule has 0 aliphatic heterocycles. The molecule has 0 spiro atoms. The largest absolute Gasteiger partial charge is 0.394 e. The zero-order chi connectivity index (χ0) is 7.40. The summed E-state index contributed by atoms with van der Waals surface area (Å²) >= 11 is 0. The number of nitrogens with one attached hydrogen (secondary N) is 1. The topological polar surface area (TPSA) is 12.0 Å². The van der Waals surface area contributed by atoms with Gasteiger partial charge >= 0.3 is 0 Å². The van der Waals surface area contributed by atoms with E-state index >= 15 is 0 Å². The molecule has 0 aromatic rings. The SMILES string of the molecule is CN/C=C1/C=C(C)C=CC1. The van der Waals surface area contributed by atoms with Crippen molar-refractivity contribution >= 4 is 0 Å². The lowest BCUT2D eigenvalue weighted by Gasteiger charge is -2.04. The lowest BCUT2D eigenvalue weighted by Crippen LogP contribution is -1.96. The van der Waals surface area contributed by atoms with Gasteiger partial charge in [0.05, 0.1) is 0 Å². The molecule has 1 N–H and O–H groups in total. The molecule has 1 aliphatic carbocycles. The van der Waals surface area contributed by atoms with Crippen molar-refractivity contribution in [3.8, 4) is 0 Å². The Morgan fingerprint density at radius 3 is 3.00 bits per heavy atom. The Labute approximate surface area is 62.1 Å². The maximum atomic E-state index is 3.02. The molecule has 0 atom stereocenters. The smallest absolute Gasteiger partial charge is 0.00278 e. The fourth-order valence-electron chi connectivity index (χ4n) is 1.07. The zero-order valence-electron chi connectivity index (χ0n) is 6.52. The Bertz CT molecular complexity index is 197. The van der Waals surface area contributed by atoms with Gasteiger partial charge in [-0.3, -0.25) is 0 Å². The molecule has 1 nitrogen and oxygen atoms in total. The van der Waals surface area contributed by atoms with Crippen molar-refractivity contribution in [3.63, 3.8) is 0 Å². The van der Waals surface area contributed by atoms with E-state index in [1.54, 1.807) is 0 Å². The van der Waals surface area contributed by atoms with Crippen molar-refractivity contribution in [2.24, 2.45) is 0 Å². The lowest BCUT2D eigenvalue weighted by atomic mass is 10.0. The highest BCUT2D eigenvalue weighted by molar-refractivity contribution is 5.34. The first-order valence-electron chi connectivity index (χ1n) is 3.54. The summed E-state index contributed by atoms with van der Waals surface area (Å²) in [6.07, 6.45) is 9.60. The molecule has 10 heavy (non-hydrogen) atoms. The van der Waals surface area contributed by atoms with E-state index in [2.05, 4.69) is 30.5 Å².